The molecule has 0 fully saturated rings. The van der Waals surface area contributed by atoms with Crippen LogP contribution in [0.15, 0.2) is 35.9 Å². The van der Waals surface area contributed by atoms with Gasteiger partial charge < -0.3 is 15.2 Å². The van der Waals surface area contributed by atoms with Gasteiger partial charge in [-0.05, 0) is 56.4 Å². The largest absolute Gasteiger partial charge is 0.463 e. The summed E-state index contributed by atoms with van der Waals surface area (Å²) in [6, 6.07) is 3.78. The van der Waals surface area contributed by atoms with Gasteiger partial charge in [-0.25, -0.2) is 9.78 Å². The summed E-state index contributed by atoms with van der Waals surface area (Å²) in [4.78, 5) is 21.5. The highest BCUT2D eigenvalue weighted by molar-refractivity contribution is 5.93. The van der Waals surface area contributed by atoms with Crippen LogP contribution in [0.4, 0.5) is 5.69 Å². The van der Waals surface area contributed by atoms with Crippen LogP contribution in [0, 0.1) is 0 Å². The Hall–Kier alpha value is -2.89. The number of anilines is 1. The van der Waals surface area contributed by atoms with Crippen LogP contribution >= 0.6 is 0 Å². The Morgan fingerprint density at radius 2 is 2.12 bits per heavy atom. The number of carbonyl (C=O) groups is 1. The topological polar surface area (TPSA) is 87.3 Å². The summed E-state index contributed by atoms with van der Waals surface area (Å²) in [7, 11) is 0. The van der Waals surface area contributed by atoms with Crippen LogP contribution in [-0.2, 0) is 22.4 Å². The summed E-state index contributed by atoms with van der Waals surface area (Å²) in [5, 5.41) is 0. The number of ether oxygens (including phenoxy) is 2. The first-order valence-electron chi connectivity index (χ1n) is 8.88. The van der Waals surface area contributed by atoms with Crippen molar-refractivity contribution < 1.29 is 14.3 Å². The summed E-state index contributed by atoms with van der Waals surface area (Å²) in [5.41, 5.74) is 11.5. The van der Waals surface area contributed by atoms with Crippen molar-refractivity contribution in [2.75, 3.05) is 12.3 Å². The number of pyridine rings is 2. The lowest BCUT2D eigenvalue weighted by Crippen LogP contribution is -2.25. The Balaban J connectivity index is 1.95. The molecule has 1 atom stereocenters. The zero-order chi connectivity index (χ0) is 18.3. The number of aryl methyl sites for hydroxylation is 1. The van der Waals surface area contributed by atoms with E-state index in [1.165, 1.54) is 0 Å². The number of nitrogen functional groups attached to an aromatic ring is 1. The van der Waals surface area contributed by atoms with Crippen molar-refractivity contribution in [2.24, 2.45) is 0 Å². The van der Waals surface area contributed by atoms with Crippen molar-refractivity contribution in [3.63, 3.8) is 0 Å². The molecule has 0 bridgehead atoms. The quantitative estimate of drug-likeness (QED) is 0.856. The second-order valence-corrected chi connectivity index (χ2v) is 6.53. The Bertz CT molecular complexity index is 906. The first-order valence-corrected chi connectivity index (χ1v) is 8.88. The maximum absolute atomic E-state index is 12.7. The number of nitrogens with zero attached hydrogens (tertiary/aromatic N) is 2. The Labute approximate surface area is 152 Å². The van der Waals surface area contributed by atoms with Gasteiger partial charge in [0.25, 0.3) is 0 Å². The van der Waals surface area contributed by atoms with Crippen molar-refractivity contribution in [1.29, 1.82) is 0 Å². The maximum atomic E-state index is 12.7. The lowest BCUT2D eigenvalue weighted by atomic mass is 9.82. The van der Waals surface area contributed by atoms with Crippen molar-refractivity contribution in [3.05, 3.63) is 58.2 Å². The van der Waals surface area contributed by atoms with E-state index in [0.29, 0.717) is 29.5 Å². The van der Waals surface area contributed by atoms with Crippen LogP contribution in [0.3, 0.4) is 0 Å². The highest BCUT2D eigenvalue weighted by Gasteiger charge is 2.38. The molecular formula is C20H21N3O3. The molecule has 0 radical (unpaired) electrons. The number of nitrogens with two attached hydrogens (primary N) is 1. The highest BCUT2D eigenvalue weighted by atomic mass is 16.5. The van der Waals surface area contributed by atoms with Crippen molar-refractivity contribution in [1.82, 2.24) is 9.97 Å². The molecule has 134 valence electrons. The third-order valence-corrected chi connectivity index (χ3v) is 5.01. The monoisotopic (exact) mass is 351 g/mol. The molecule has 6 nitrogen and oxygen atoms in total. The van der Waals surface area contributed by atoms with Crippen LogP contribution in [0.5, 0.6) is 5.88 Å². The average molecular weight is 351 g/mol. The number of esters is 1. The molecule has 0 aromatic carbocycles. The Kier molecular flexibility index (Phi) is 4.11. The molecule has 2 aliphatic rings. The fourth-order valence-electron chi connectivity index (χ4n) is 3.87. The number of allylic oxidation sites excluding steroid dienone is 1. The van der Waals surface area contributed by atoms with Gasteiger partial charge in [-0.3, -0.25) is 4.98 Å². The standard InChI is InChI=1S/C20H21N3O3/c1-3-25-20(24)15-11(2)26-19-17(16(15)12-7-9-22-10-8-12)18(21)13-5-4-6-14(13)23-19/h7-10,16H,3-6H2,1-2H3,(H2,21,23)/t16-/m0/s1. The second-order valence-electron chi connectivity index (χ2n) is 6.53. The minimum absolute atomic E-state index is 0.295. The van der Waals surface area contributed by atoms with Gasteiger partial charge in [0.2, 0.25) is 5.88 Å². The molecule has 1 aliphatic heterocycles. The maximum Gasteiger partial charge on any atom is 0.338 e. The van der Waals surface area contributed by atoms with E-state index in [1.54, 1.807) is 26.2 Å². The lowest BCUT2D eigenvalue weighted by Gasteiger charge is -2.30. The zero-order valence-corrected chi connectivity index (χ0v) is 14.9. The molecule has 6 heteroatoms. The van der Waals surface area contributed by atoms with E-state index >= 15 is 0 Å². The van der Waals surface area contributed by atoms with Crippen LogP contribution in [0.1, 0.15) is 48.6 Å². The van der Waals surface area contributed by atoms with Crippen molar-refractivity contribution >= 4 is 11.7 Å². The predicted octanol–water partition coefficient (Wildman–Crippen LogP) is 2.91. The molecule has 0 unspecified atom stereocenters. The van der Waals surface area contributed by atoms with E-state index in [1.807, 2.05) is 12.1 Å². The number of rotatable bonds is 3. The van der Waals surface area contributed by atoms with E-state index in [2.05, 4.69) is 4.98 Å². The van der Waals surface area contributed by atoms with E-state index in [0.717, 1.165) is 41.6 Å². The van der Waals surface area contributed by atoms with Gasteiger partial charge in [-0.1, -0.05) is 0 Å². The number of hydrogen-bond donors (Lipinski definition) is 1. The van der Waals surface area contributed by atoms with Crippen LogP contribution in [0.25, 0.3) is 0 Å². The summed E-state index contributed by atoms with van der Waals surface area (Å²) < 4.78 is 11.2. The molecule has 0 saturated carbocycles. The van der Waals surface area contributed by atoms with Gasteiger partial charge in [-0.2, -0.15) is 0 Å². The summed E-state index contributed by atoms with van der Waals surface area (Å²) >= 11 is 0. The molecule has 1 aliphatic carbocycles. The Morgan fingerprint density at radius 1 is 1.35 bits per heavy atom. The van der Waals surface area contributed by atoms with Gasteiger partial charge in [0.15, 0.2) is 0 Å². The minimum atomic E-state index is -0.391. The molecule has 0 spiro atoms. The first kappa shape index (κ1) is 16.6. The minimum Gasteiger partial charge on any atom is -0.463 e. The lowest BCUT2D eigenvalue weighted by molar-refractivity contribution is -0.139. The summed E-state index contributed by atoms with van der Waals surface area (Å²) in [5.74, 6) is 0.231. The molecule has 4 rings (SSSR count). The van der Waals surface area contributed by atoms with Crippen molar-refractivity contribution in [2.45, 2.75) is 39.0 Å². The molecule has 26 heavy (non-hydrogen) atoms. The van der Waals surface area contributed by atoms with Crippen LogP contribution in [-0.4, -0.2) is 22.5 Å². The molecule has 3 heterocycles. The molecule has 0 amide bonds. The number of hydrogen-bond acceptors (Lipinski definition) is 6. The molecule has 2 N–H and O–H groups in total. The van der Waals surface area contributed by atoms with E-state index in [4.69, 9.17) is 20.2 Å². The summed E-state index contributed by atoms with van der Waals surface area (Å²) in [6.45, 7) is 3.85. The summed E-state index contributed by atoms with van der Waals surface area (Å²) in [6.07, 6.45) is 6.26. The zero-order valence-electron chi connectivity index (χ0n) is 14.9. The van der Waals surface area contributed by atoms with Gasteiger partial charge in [-0.15, -0.1) is 0 Å². The normalized spacial score (nSPS) is 18.2. The predicted molar refractivity (Wildman–Crippen MR) is 96.7 cm³/mol. The van der Waals surface area contributed by atoms with E-state index in [9.17, 15) is 4.79 Å². The molecule has 0 saturated heterocycles. The second kappa shape index (κ2) is 6.44. The third kappa shape index (κ3) is 2.53. The first-order chi connectivity index (χ1) is 12.6. The van der Waals surface area contributed by atoms with Crippen LogP contribution < -0.4 is 10.5 Å². The molecule has 2 aromatic heterocycles. The fourth-order valence-corrected chi connectivity index (χ4v) is 3.87. The number of fused-ring (bicyclic) bond motifs is 2. The highest BCUT2D eigenvalue weighted by Crippen LogP contribution is 2.47. The van der Waals surface area contributed by atoms with Gasteiger partial charge in [0.05, 0.1) is 23.7 Å². The average Bonchev–Trinajstić information content (AvgIpc) is 3.10. The number of aromatic nitrogens is 2. The number of carbonyl (C=O) groups excluding carboxylic acids is 1. The smallest absolute Gasteiger partial charge is 0.338 e. The van der Waals surface area contributed by atoms with Crippen LogP contribution in [0.2, 0.25) is 0 Å². The van der Waals surface area contributed by atoms with E-state index < -0.39 is 5.97 Å². The van der Waals surface area contributed by atoms with Gasteiger partial charge in [0.1, 0.15) is 5.76 Å². The Morgan fingerprint density at radius 3 is 2.85 bits per heavy atom. The van der Waals surface area contributed by atoms with Crippen molar-refractivity contribution in [3.8, 4) is 5.88 Å². The SMILES string of the molecule is CCOC(=O)C1=C(C)Oc2nc3c(c(N)c2[C@H]1c1ccncc1)CCC3. The van der Waals surface area contributed by atoms with Gasteiger partial charge in [0, 0.05) is 23.8 Å². The fraction of sp³-hybridized carbons (Fsp3) is 0.350. The molecular weight excluding hydrogens is 330 g/mol. The van der Waals surface area contributed by atoms with E-state index in [-0.39, 0.29) is 5.92 Å². The van der Waals surface area contributed by atoms with Gasteiger partial charge >= 0.3 is 5.97 Å². The molecule has 2 aromatic rings. The third-order valence-electron chi connectivity index (χ3n) is 5.01.